The maximum Gasteiger partial charge on any atom is 0.102 e. The Kier molecular flexibility index (Phi) is 6.60. The number of hydrogen-bond acceptors (Lipinski definition) is 4. The van der Waals surface area contributed by atoms with Crippen LogP contribution in [0.25, 0.3) is 34.4 Å². The van der Waals surface area contributed by atoms with E-state index in [0.717, 1.165) is 33.4 Å². The first-order chi connectivity index (χ1) is 16.1. The molecule has 4 heteroatoms. The maximum atomic E-state index is 9.79. The lowest BCUT2D eigenvalue weighted by Crippen LogP contribution is -2.00. The number of rotatable bonds is 5. The van der Waals surface area contributed by atoms with Crippen LogP contribution in [0.1, 0.15) is 22.3 Å². The zero-order valence-electron chi connectivity index (χ0n) is 18.1. The number of hydrogen-bond donors (Lipinski definition) is 1. The summed E-state index contributed by atoms with van der Waals surface area (Å²) in [4.78, 5) is 1.24. The van der Waals surface area contributed by atoms with Gasteiger partial charge in [0.15, 0.2) is 0 Å². The standard InChI is InChI=1S/C29H21N3S/c1-33-24-15-11-21(12-16-24)8-7-20-9-13-23(14-10-20)26-17-25(22-5-3-2-4-6-22)27(18-30)29(32)28(26)19-31/h2-17H,32H2,1H3/b8-7+. The largest absolute Gasteiger partial charge is 0.397 e. The quantitative estimate of drug-likeness (QED) is 0.200. The molecule has 4 rings (SSSR count). The van der Waals surface area contributed by atoms with E-state index in [4.69, 9.17) is 5.73 Å². The van der Waals surface area contributed by atoms with Crippen LogP contribution in [0.4, 0.5) is 5.69 Å². The Bertz CT molecular complexity index is 1390. The van der Waals surface area contributed by atoms with Gasteiger partial charge in [-0.15, -0.1) is 11.8 Å². The number of nitrogens with two attached hydrogens (primary N) is 1. The van der Waals surface area contributed by atoms with Crippen molar-refractivity contribution in [2.75, 3.05) is 12.0 Å². The summed E-state index contributed by atoms with van der Waals surface area (Å²) in [6.07, 6.45) is 6.20. The van der Waals surface area contributed by atoms with E-state index >= 15 is 0 Å². The summed E-state index contributed by atoms with van der Waals surface area (Å²) in [5.74, 6) is 0. The normalized spacial score (nSPS) is 10.6. The minimum Gasteiger partial charge on any atom is -0.397 e. The summed E-state index contributed by atoms with van der Waals surface area (Å²) < 4.78 is 0. The van der Waals surface area contributed by atoms with Gasteiger partial charge in [-0.1, -0.05) is 78.9 Å². The van der Waals surface area contributed by atoms with Crippen molar-refractivity contribution in [1.82, 2.24) is 0 Å². The second kappa shape index (κ2) is 9.92. The fraction of sp³-hybridized carbons (Fsp3) is 0.0345. The van der Waals surface area contributed by atoms with Gasteiger partial charge in [-0.3, -0.25) is 0 Å². The van der Waals surface area contributed by atoms with Gasteiger partial charge in [-0.25, -0.2) is 0 Å². The molecule has 0 aliphatic heterocycles. The number of nitrogens with zero attached hydrogens (tertiary/aromatic N) is 2. The van der Waals surface area contributed by atoms with Crippen LogP contribution in [-0.2, 0) is 0 Å². The summed E-state index contributed by atoms with van der Waals surface area (Å²) in [5.41, 5.74) is 12.5. The molecule has 2 N–H and O–H groups in total. The fourth-order valence-corrected chi connectivity index (χ4v) is 4.11. The molecule has 158 valence electrons. The second-order valence-corrected chi connectivity index (χ2v) is 8.33. The molecule has 0 fully saturated rings. The fourth-order valence-electron chi connectivity index (χ4n) is 3.70. The predicted molar refractivity (Wildman–Crippen MR) is 138 cm³/mol. The van der Waals surface area contributed by atoms with E-state index in [1.54, 1.807) is 11.8 Å². The first-order valence-corrected chi connectivity index (χ1v) is 11.6. The third kappa shape index (κ3) is 4.67. The summed E-state index contributed by atoms with van der Waals surface area (Å²) in [5, 5.41) is 19.5. The molecule has 0 aliphatic rings. The van der Waals surface area contributed by atoms with E-state index in [2.05, 4.69) is 54.8 Å². The average Bonchev–Trinajstić information content (AvgIpc) is 2.88. The zero-order valence-corrected chi connectivity index (χ0v) is 18.9. The van der Waals surface area contributed by atoms with Gasteiger partial charge in [0.2, 0.25) is 0 Å². The first-order valence-electron chi connectivity index (χ1n) is 10.4. The molecule has 4 aromatic rings. The van der Waals surface area contributed by atoms with E-state index in [9.17, 15) is 10.5 Å². The van der Waals surface area contributed by atoms with Gasteiger partial charge in [-0.2, -0.15) is 10.5 Å². The molecule has 0 saturated carbocycles. The van der Waals surface area contributed by atoms with Gasteiger partial charge in [-0.05, 0) is 46.7 Å². The molecule has 3 nitrogen and oxygen atoms in total. The number of nitrogen functional groups attached to an aromatic ring is 1. The van der Waals surface area contributed by atoms with Gasteiger partial charge >= 0.3 is 0 Å². The Balaban J connectivity index is 1.71. The third-order valence-corrected chi connectivity index (χ3v) is 6.22. The van der Waals surface area contributed by atoms with Gasteiger partial charge < -0.3 is 5.73 Å². The van der Waals surface area contributed by atoms with E-state index in [-0.39, 0.29) is 5.69 Å². The van der Waals surface area contributed by atoms with Crippen LogP contribution < -0.4 is 5.73 Å². The highest BCUT2D eigenvalue weighted by Crippen LogP contribution is 2.37. The van der Waals surface area contributed by atoms with Crippen molar-refractivity contribution in [3.05, 3.63) is 107 Å². The summed E-state index contributed by atoms with van der Waals surface area (Å²) in [7, 11) is 0. The molecule has 0 spiro atoms. The Morgan fingerprint density at radius 2 is 1.18 bits per heavy atom. The Morgan fingerprint density at radius 1 is 0.697 bits per heavy atom. The number of nitriles is 2. The van der Waals surface area contributed by atoms with Gasteiger partial charge in [0, 0.05) is 16.0 Å². The van der Waals surface area contributed by atoms with Crippen molar-refractivity contribution in [2.45, 2.75) is 4.90 Å². The lowest BCUT2D eigenvalue weighted by atomic mass is 9.89. The van der Waals surface area contributed by atoms with Crippen LogP contribution in [0.2, 0.25) is 0 Å². The lowest BCUT2D eigenvalue weighted by Gasteiger charge is -2.14. The van der Waals surface area contributed by atoms with Gasteiger partial charge in [0.1, 0.15) is 12.1 Å². The number of anilines is 1. The molecule has 0 amide bonds. The number of thioether (sulfide) groups is 1. The zero-order chi connectivity index (χ0) is 23.2. The molecule has 0 heterocycles. The Hall–Kier alpha value is -4.25. The Morgan fingerprint density at radius 3 is 1.67 bits per heavy atom. The molecule has 0 radical (unpaired) electrons. The van der Waals surface area contributed by atoms with E-state index in [0.29, 0.717) is 11.1 Å². The van der Waals surface area contributed by atoms with Crippen LogP contribution in [0, 0.1) is 22.7 Å². The van der Waals surface area contributed by atoms with Crippen LogP contribution in [-0.4, -0.2) is 6.26 Å². The van der Waals surface area contributed by atoms with Crippen molar-refractivity contribution < 1.29 is 0 Å². The summed E-state index contributed by atoms with van der Waals surface area (Å²) in [6.45, 7) is 0. The highest BCUT2D eigenvalue weighted by molar-refractivity contribution is 7.98. The van der Waals surface area contributed by atoms with Crippen LogP contribution in [0.15, 0.2) is 89.8 Å². The number of benzene rings is 4. The van der Waals surface area contributed by atoms with Crippen LogP contribution >= 0.6 is 11.8 Å². The van der Waals surface area contributed by atoms with Crippen LogP contribution in [0.3, 0.4) is 0 Å². The monoisotopic (exact) mass is 443 g/mol. The molecule has 4 aromatic carbocycles. The predicted octanol–water partition coefficient (Wildman–Crippen LogP) is 7.24. The van der Waals surface area contributed by atoms with Crippen molar-refractivity contribution in [3.63, 3.8) is 0 Å². The maximum absolute atomic E-state index is 9.79. The molecule has 0 bridgehead atoms. The molecule has 0 atom stereocenters. The van der Waals surface area contributed by atoms with Crippen molar-refractivity contribution in [3.8, 4) is 34.4 Å². The minimum atomic E-state index is 0.217. The third-order valence-electron chi connectivity index (χ3n) is 5.48. The molecular formula is C29H21N3S. The van der Waals surface area contributed by atoms with E-state index < -0.39 is 0 Å². The summed E-state index contributed by atoms with van der Waals surface area (Å²) >= 11 is 1.72. The molecule has 0 saturated heterocycles. The van der Waals surface area contributed by atoms with Gasteiger partial charge in [0.05, 0.1) is 16.8 Å². The highest BCUT2D eigenvalue weighted by atomic mass is 32.2. The second-order valence-electron chi connectivity index (χ2n) is 7.45. The van der Waals surface area contributed by atoms with Crippen LogP contribution in [0.5, 0.6) is 0 Å². The van der Waals surface area contributed by atoms with Gasteiger partial charge in [0.25, 0.3) is 0 Å². The molecular weight excluding hydrogens is 422 g/mol. The van der Waals surface area contributed by atoms with Crippen molar-refractivity contribution >= 4 is 29.6 Å². The van der Waals surface area contributed by atoms with Crippen molar-refractivity contribution in [2.24, 2.45) is 0 Å². The van der Waals surface area contributed by atoms with E-state index in [1.165, 1.54) is 4.90 Å². The topological polar surface area (TPSA) is 73.6 Å². The lowest BCUT2D eigenvalue weighted by molar-refractivity contribution is 1.44. The Labute approximate surface area is 198 Å². The minimum absolute atomic E-state index is 0.217. The summed E-state index contributed by atoms with van der Waals surface area (Å²) in [6, 6.07) is 32.3. The molecule has 0 aliphatic carbocycles. The molecule has 33 heavy (non-hydrogen) atoms. The smallest absolute Gasteiger partial charge is 0.102 e. The van der Waals surface area contributed by atoms with Crippen molar-refractivity contribution in [1.29, 1.82) is 10.5 Å². The first kappa shape index (κ1) is 22.0. The SMILES string of the molecule is CSc1ccc(/C=C/c2ccc(-c3cc(-c4ccccc4)c(C#N)c(N)c3C#N)cc2)cc1. The highest BCUT2D eigenvalue weighted by Gasteiger charge is 2.18. The van der Waals surface area contributed by atoms with E-state index in [1.807, 2.05) is 60.7 Å². The average molecular weight is 444 g/mol. The molecule has 0 aromatic heterocycles. The molecule has 0 unspecified atom stereocenters.